The van der Waals surface area contributed by atoms with Gasteiger partial charge in [-0.15, -0.1) is 11.8 Å². The molecule has 0 spiro atoms. The molecule has 7 heteroatoms. The molecule has 0 aliphatic rings. The van der Waals surface area contributed by atoms with Crippen molar-refractivity contribution in [2.45, 2.75) is 4.90 Å². The summed E-state index contributed by atoms with van der Waals surface area (Å²) in [6.45, 7) is 0. The molecular weight excluding hydrogens is 318 g/mol. The highest BCUT2D eigenvalue weighted by Gasteiger charge is 2.14. The van der Waals surface area contributed by atoms with Gasteiger partial charge >= 0.3 is 11.9 Å². The smallest absolute Gasteiger partial charge is 0.337 e. The summed E-state index contributed by atoms with van der Waals surface area (Å²) in [7, 11) is 0. The number of carbonyl (C=O) groups is 3. The number of carboxylic acid groups (broad SMARTS) is 2. The lowest BCUT2D eigenvalue weighted by Gasteiger charge is -2.09. The van der Waals surface area contributed by atoms with Gasteiger partial charge in [-0.1, -0.05) is 24.3 Å². The molecule has 0 aliphatic heterocycles. The largest absolute Gasteiger partial charge is 0.478 e. The van der Waals surface area contributed by atoms with Crippen molar-refractivity contribution in [3.63, 3.8) is 0 Å². The summed E-state index contributed by atoms with van der Waals surface area (Å²) >= 11 is 1.08. The summed E-state index contributed by atoms with van der Waals surface area (Å²) in [6.07, 6.45) is 0. The molecule has 0 bridgehead atoms. The van der Waals surface area contributed by atoms with E-state index in [1.807, 2.05) is 0 Å². The molecule has 0 saturated carbocycles. The molecule has 0 radical (unpaired) electrons. The average molecular weight is 331 g/mol. The van der Waals surface area contributed by atoms with Crippen LogP contribution in [0.25, 0.3) is 0 Å². The lowest BCUT2D eigenvalue weighted by molar-refractivity contribution is -0.113. The molecule has 0 fully saturated rings. The zero-order chi connectivity index (χ0) is 16.8. The minimum atomic E-state index is -1.13. The number of carbonyl (C=O) groups excluding carboxylic acids is 1. The Morgan fingerprint density at radius 2 is 1.43 bits per heavy atom. The third kappa shape index (κ3) is 4.33. The van der Waals surface area contributed by atoms with Crippen LogP contribution in [-0.4, -0.2) is 33.8 Å². The van der Waals surface area contributed by atoms with Gasteiger partial charge < -0.3 is 15.5 Å². The van der Waals surface area contributed by atoms with Crippen LogP contribution in [0.1, 0.15) is 20.7 Å². The molecule has 2 aromatic rings. The number of benzene rings is 2. The molecule has 1 amide bonds. The SMILES string of the molecule is O=C(CSc1ccccc1C(=O)O)Nc1ccccc1C(=O)O. The van der Waals surface area contributed by atoms with E-state index in [1.54, 1.807) is 30.3 Å². The maximum absolute atomic E-state index is 12.0. The Bertz CT molecular complexity index is 760. The Morgan fingerprint density at radius 3 is 2.09 bits per heavy atom. The Kier molecular flexibility index (Phi) is 5.37. The van der Waals surface area contributed by atoms with Crippen molar-refractivity contribution >= 4 is 35.3 Å². The van der Waals surface area contributed by atoms with E-state index >= 15 is 0 Å². The normalized spacial score (nSPS) is 10.1. The van der Waals surface area contributed by atoms with Crippen molar-refractivity contribution in [2.75, 3.05) is 11.1 Å². The lowest BCUT2D eigenvalue weighted by Crippen LogP contribution is -2.16. The van der Waals surface area contributed by atoms with E-state index in [4.69, 9.17) is 10.2 Å². The third-order valence-corrected chi connectivity index (χ3v) is 3.98. The lowest BCUT2D eigenvalue weighted by atomic mass is 10.2. The first kappa shape index (κ1) is 16.6. The maximum Gasteiger partial charge on any atom is 0.337 e. The number of hydrogen-bond acceptors (Lipinski definition) is 4. The molecule has 0 aromatic heterocycles. The minimum Gasteiger partial charge on any atom is -0.478 e. The van der Waals surface area contributed by atoms with Gasteiger partial charge in [0.2, 0.25) is 5.91 Å². The molecule has 2 rings (SSSR count). The molecule has 23 heavy (non-hydrogen) atoms. The van der Waals surface area contributed by atoms with Gasteiger partial charge in [0.05, 0.1) is 22.6 Å². The van der Waals surface area contributed by atoms with Crippen LogP contribution in [-0.2, 0) is 4.79 Å². The maximum atomic E-state index is 12.0. The molecule has 0 atom stereocenters. The number of nitrogens with one attached hydrogen (secondary N) is 1. The van der Waals surface area contributed by atoms with Crippen LogP contribution in [0.2, 0.25) is 0 Å². The fraction of sp³-hybridized carbons (Fsp3) is 0.0625. The summed E-state index contributed by atoms with van der Waals surface area (Å²) in [5, 5.41) is 20.7. The Labute approximate surface area is 136 Å². The second-order valence-electron chi connectivity index (χ2n) is 4.49. The fourth-order valence-corrected chi connectivity index (χ4v) is 2.72. The molecule has 0 unspecified atom stereocenters. The van der Waals surface area contributed by atoms with E-state index in [9.17, 15) is 14.4 Å². The topological polar surface area (TPSA) is 104 Å². The van der Waals surface area contributed by atoms with E-state index < -0.39 is 17.8 Å². The number of hydrogen-bond donors (Lipinski definition) is 3. The van der Waals surface area contributed by atoms with Crippen LogP contribution in [0.4, 0.5) is 5.69 Å². The molecule has 0 heterocycles. The Morgan fingerprint density at radius 1 is 0.870 bits per heavy atom. The summed E-state index contributed by atoms with van der Waals surface area (Å²) < 4.78 is 0. The van der Waals surface area contributed by atoms with Crippen LogP contribution >= 0.6 is 11.8 Å². The zero-order valence-electron chi connectivity index (χ0n) is 11.9. The monoisotopic (exact) mass is 331 g/mol. The Balaban J connectivity index is 2.04. The molecule has 0 saturated heterocycles. The average Bonchev–Trinajstić information content (AvgIpc) is 2.53. The predicted molar refractivity (Wildman–Crippen MR) is 86.2 cm³/mol. The summed E-state index contributed by atoms with van der Waals surface area (Å²) in [6, 6.07) is 12.5. The van der Waals surface area contributed by atoms with Crippen LogP contribution in [0.15, 0.2) is 53.4 Å². The third-order valence-electron chi connectivity index (χ3n) is 2.91. The second-order valence-corrected chi connectivity index (χ2v) is 5.51. The molecule has 0 aliphatic carbocycles. The predicted octanol–water partition coefficient (Wildman–Crippen LogP) is 2.81. The standard InChI is InChI=1S/C16H13NO5S/c18-14(17-12-7-3-1-5-10(12)15(19)20)9-23-13-8-4-2-6-11(13)16(21)22/h1-8H,9H2,(H,17,18)(H,19,20)(H,21,22). The van der Waals surface area contributed by atoms with Gasteiger partial charge in [0.15, 0.2) is 0 Å². The van der Waals surface area contributed by atoms with Crippen LogP contribution in [0, 0.1) is 0 Å². The van der Waals surface area contributed by atoms with Crippen molar-refractivity contribution in [3.05, 3.63) is 59.7 Å². The van der Waals surface area contributed by atoms with Gasteiger partial charge in [-0.3, -0.25) is 4.79 Å². The van der Waals surface area contributed by atoms with Crippen molar-refractivity contribution in [3.8, 4) is 0 Å². The minimum absolute atomic E-state index is 0.00298. The fourth-order valence-electron chi connectivity index (χ4n) is 1.88. The van der Waals surface area contributed by atoms with Crippen LogP contribution < -0.4 is 5.32 Å². The highest BCUT2D eigenvalue weighted by atomic mass is 32.2. The molecular formula is C16H13NO5S. The highest BCUT2D eigenvalue weighted by Crippen LogP contribution is 2.23. The quantitative estimate of drug-likeness (QED) is 0.703. The van der Waals surface area contributed by atoms with E-state index in [0.717, 1.165) is 11.8 Å². The molecule has 118 valence electrons. The first-order valence-corrected chi connectivity index (χ1v) is 7.55. The van der Waals surface area contributed by atoms with Gasteiger partial charge in [0.1, 0.15) is 0 Å². The van der Waals surface area contributed by atoms with Gasteiger partial charge in [-0.2, -0.15) is 0 Å². The van der Waals surface area contributed by atoms with E-state index in [2.05, 4.69) is 5.32 Å². The van der Waals surface area contributed by atoms with Crippen molar-refractivity contribution < 1.29 is 24.6 Å². The highest BCUT2D eigenvalue weighted by molar-refractivity contribution is 8.00. The molecule has 3 N–H and O–H groups in total. The van der Waals surface area contributed by atoms with E-state index in [0.29, 0.717) is 4.90 Å². The number of rotatable bonds is 6. The van der Waals surface area contributed by atoms with Crippen molar-refractivity contribution in [2.24, 2.45) is 0 Å². The molecule has 2 aromatic carbocycles. The van der Waals surface area contributed by atoms with Crippen LogP contribution in [0.5, 0.6) is 0 Å². The van der Waals surface area contributed by atoms with Crippen molar-refractivity contribution in [1.82, 2.24) is 0 Å². The van der Waals surface area contributed by atoms with Crippen LogP contribution in [0.3, 0.4) is 0 Å². The number of anilines is 1. The van der Waals surface area contributed by atoms with E-state index in [-0.39, 0.29) is 22.6 Å². The first-order chi connectivity index (χ1) is 11.0. The summed E-state index contributed by atoms with van der Waals surface area (Å²) in [5.74, 6) is -2.64. The number of amides is 1. The second kappa shape index (κ2) is 7.46. The summed E-state index contributed by atoms with van der Waals surface area (Å²) in [4.78, 5) is 34.6. The van der Waals surface area contributed by atoms with E-state index in [1.165, 1.54) is 18.2 Å². The van der Waals surface area contributed by atoms with Gasteiger partial charge in [-0.05, 0) is 24.3 Å². The number of aromatic carboxylic acids is 2. The molecule has 6 nitrogen and oxygen atoms in total. The zero-order valence-corrected chi connectivity index (χ0v) is 12.7. The Hall–Kier alpha value is -2.80. The number of para-hydroxylation sites is 1. The first-order valence-electron chi connectivity index (χ1n) is 6.56. The van der Waals surface area contributed by atoms with Gasteiger partial charge in [0.25, 0.3) is 0 Å². The van der Waals surface area contributed by atoms with Gasteiger partial charge in [0, 0.05) is 4.90 Å². The number of carboxylic acids is 2. The van der Waals surface area contributed by atoms with Gasteiger partial charge in [-0.25, -0.2) is 9.59 Å². The number of thioether (sulfide) groups is 1. The summed E-state index contributed by atoms with van der Waals surface area (Å²) in [5.41, 5.74) is 0.324. The van der Waals surface area contributed by atoms with Crippen molar-refractivity contribution in [1.29, 1.82) is 0 Å².